The number of rotatable bonds is 3. The first-order valence-electron chi connectivity index (χ1n) is 9.59. The van der Waals surface area contributed by atoms with Gasteiger partial charge in [-0.15, -0.1) is 0 Å². The molecule has 0 unspecified atom stereocenters. The number of nitrogens with one attached hydrogen (secondary N) is 1. The van der Waals surface area contributed by atoms with Crippen LogP contribution < -0.4 is 4.90 Å². The van der Waals surface area contributed by atoms with Crippen molar-refractivity contribution in [3.8, 4) is 17.0 Å². The number of anilines is 1. The molecule has 32 heavy (non-hydrogen) atoms. The van der Waals surface area contributed by atoms with Crippen molar-refractivity contribution in [1.29, 1.82) is 0 Å². The fourth-order valence-corrected chi connectivity index (χ4v) is 4.00. The summed E-state index contributed by atoms with van der Waals surface area (Å²) < 4.78 is 38.9. The number of carbonyl (C=O) groups is 1. The number of aromatic amines is 1. The maximum absolute atomic E-state index is 13.0. The van der Waals surface area contributed by atoms with E-state index in [0.29, 0.717) is 43.1 Å². The molecule has 3 aromatic rings. The predicted molar refractivity (Wildman–Crippen MR) is 115 cm³/mol. The van der Waals surface area contributed by atoms with Gasteiger partial charge in [-0.3, -0.25) is 9.89 Å². The lowest BCUT2D eigenvalue weighted by Gasteiger charge is -2.36. The van der Waals surface area contributed by atoms with Gasteiger partial charge in [0, 0.05) is 37.4 Å². The van der Waals surface area contributed by atoms with E-state index in [1.54, 1.807) is 17.0 Å². The van der Waals surface area contributed by atoms with Gasteiger partial charge in [-0.2, -0.15) is 18.3 Å². The fraction of sp³-hybridized carbons (Fsp3) is 0.238. The van der Waals surface area contributed by atoms with Crippen LogP contribution in [0.2, 0.25) is 10.0 Å². The van der Waals surface area contributed by atoms with Crippen LogP contribution in [0.25, 0.3) is 11.3 Å². The van der Waals surface area contributed by atoms with E-state index in [-0.39, 0.29) is 27.4 Å². The summed E-state index contributed by atoms with van der Waals surface area (Å²) in [5.74, 6) is -0.508. The van der Waals surface area contributed by atoms with E-state index in [1.165, 1.54) is 18.2 Å². The number of carbonyl (C=O) groups excluding carboxylic acids is 1. The topological polar surface area (TPSA) is 72.5 Å². The highest BCUT2D eigenvalue weighted by molar-refractivity contribution is 6.37. The lowest BCUT2D eigenvalue weighted by molar-refractivity contribution is -0.137. The molecule has 1 aliphatic rings. The molecule has 0 spiro atoms. The first-order valence-corrected chi connectivity index (χ1v) is 10.3. The van der Waals surface area contributed by atoms with E-state index in [9.17, 15) is 23.1 Å². The van der Waals surface area contributed by atoms with Crippen molar-refractivity contribution in [1.82, 2.24) is 15.1 Å². The molecule has 2 N–H and O–H groups in total. The highest BCUT2D eigenvalue weighted by Gasteiger charge is 2.31. The Morgan fingerprint density at radius 1 is 1.03 bits per heavy atom. The van der Waals surface area contributed by atoms with Crippen LogP contribution in [0.5, 0.6) is 5.75 Å². The monoisotopic (exact) mass is 484 g/mol. The van der Waals surface area contributed by atoms with Crippen molar-refractivity contribution in [3.63, 3.8) is 0 Å². The molecule has 4 rings (SSSR count). The molecule has 1 fully saturated rings. The van der Waals surface area contributed by atoms with Gasteiger partial charge in [-0.05, 0) is 36.4 Å². The summed E-state index contributed by atoms with van der Waals surface area (Å²) in [6.07, 6.45) is -4.40. The molecule has 0 saturated carbocycles. The third-order valence-corrected chi connectivity index (χ3v) is 5.80. The summed E-state index contributed by atoms with van der Waals surface area (Å²) in [6.45, 7) is 1.50. The fourth-order valence-electron chi connectivity index (χ4n) is 3.51. The van der Waals surface area contributed by atoms with Crippen LogP contribution in [0.4, 0.5) is 18.9 Å². The first-order chi connectivity index (χ1) is 15.1. The number of piperazine rings is 1. The molecule has 0 bridgehead atoms. The Morgan fingerprint density at radius 3 is 2.31 bits per heavy atom. The zero-order chi connectivity index (χ0) is 23.0. The lowest BCUT2D eigenvalue weighted by Crippen LogP contribution is -2.49. The average Bonchev–Trinajstić information content (AvgIpc) is 3.26. The summed E-state index contributed by atoms with van der Waals surface area (Å²) in [5.41, 5.74) is 0.986. The average molecular weight is 485 g/mol. The normalized spacial score (nSPS) is 14.7. The second-order valence-corrected chi connectivity index (χ2v) is 8.10. The number of amides is 1. The Labute approximate surface area is 191 Å². The Kier molecular flexibility index (Phi) is 5.96. The number of alkyl halides is 3. The minimum atomic E-state index is -4.40. The largest absolute Gasteiger partial charge is 0.505 e. The number of aromatic nitrogens is 2. The van der Waals surface area contributed by atoms with E-state index in [4.69, 9.17) is 23.2 Å². The Bertz CT molecular complexity index is 1130. The molecular weight excluding hydrogens is 468 g/mol. The summed E-state index contributed by atoms with van der Waals surface area (Å²) in [6, 6.07) is 9.69. The third-order valence-electron chi connectivity index (χ3n) is 5.23. The number of aromatic hydroxyl groups is 1. The smallest absolute Gasteiger partial charge is 0.416 e. The molecule has 0 radical (unpaired) electrons. The highest BCUT2D eigenvalue weighted by Crippen LogP contribution is 2.36. The number of benzene rings is 2. The van der Waals surface area contributed by atoms with Crippen LogP contribution in [0.3, 0.4) is 0 Å². The maximum Gasteiger partial charge on any atom is 0.416 e. The standard InChI is InChI=1S/C21H17Cl2F3N4O2/c22-15-8-12(9-16(23)19(15)31)17-11-18(28-27-17)20(32)30-6-4-29(5-7-30)14-3-1-2-13(10-14)21(24,25)26/h1-3,8-11,31H,4-7H2,(H,27,28). The zero-order valence-corrected chi connectivity index (χ0v) is 18.0. The summed E-state index contributed by atoms with van der Waals surface area (Å²) in [4.78, 5) is 16.3. The van der Waals surface area contributed by atoms with Crippen LogP contribution in [0, 0.1) is 0 Å². The van der Waals surface area contributed by atoms with Crippen molar-refractivity contribution in [2.45, 2.75) is 6.18 Å². The van der Waals surface area contributed by atoms with Gasteiger partial charge in [-0.25, -0.2) is 0 Å². The summed E-state index contributed by atoms with van der Waals surface area (Å²) in [7, 11) is 0. The molecule has 6 nitrogen and oxygen atoms in total. The van der Waals surface area contributed by atoms with E-state index in [2.05, 4.69) is 10.2 Å². The van der Waals surface area contributed by atoms with Crippen LogP contribution in [-0.4, -0.2) is 52.3 Å². The van der Waals surface area contributed by atoms with Crippen LogP contribution >= 0.6 is 23.2 Å². The predicted octanol–water partition coefficient (Wildman–Crippen LogP) is 5.07. The van der Waals surface area contributed by atoms with Gasteiger partial charge < -0.3 is 14.9 Å². The number of hydrogen-bond donors (Lipinski definition) is 2. The second kappa shape index (κ2) is 8.55. The van der Waals surface area contributed by atoms with Gasteiger partial charge in [0.2, 0.25) is 0 Å². The molecule has 0 atom stereocenters. The van der Waals surface area contributed by atoms with E-state index >= 15 is 0 Å². The minimum absolute atomic E-state index is 0.0640. The van der Waals surface area contributed by atoms with Crippen molar-refractivity contribution in [3.05, 3.63) is 63.8 Å². The molecule has 1 saturated heterocycles. The van der Waals surface area contributed by atoms with Crippen molar-refractivity contribution < 1.29 is 23.1 Å². The summed E-state index contributed by atoms with van der Waals surface area (Å²) in [5, 5.41) is 16.6. The van der Waals surface area contributed by atoms with Gasteiger partial charge in [0.25, 0.3) is 5.91 Å². The molecular formula is C21H17Cl2F3N4O2. The lowest BCUT2D eigenvalue weighted by atomic mass is 10.1. The third kappa shape index (κ3) is 4.49. The van der Waals surface area contributed by atoms with Crippen LogP contribution in [0.15, 0.2) is 42.5 Å². The van der Waals surface area contributed by atoms with Crippen molar-refractivity contribution >= 4 is 34.8 Å². The SMILES string of the molecule is O=C(c1cc(-c2cc(Cl)c(O)c(Cl)c2)n[nH]1)N1CCN(c2cccc(C(F)(F)F)c2)CC1. The first kappa shape index (κ1) is 22.3. The van der Waals surface area contributed by atoms with Crippen LogP contribution in [-0.2, 0) is 6.18 Å². The Morgan fingerprint density at radius 2 is 1.69 bits per heavy atom. The number of phenols is 1. The molecule has 1 aromatic heterocycles. The zero-order valence-electron chi connectivity index (χ0n) is 16.5. The molecule has 2 heterocycles. The highest BCUT2D eigenvalue weighted by atomic mass is 35.5. The molecule has 1 aliphatic heterocycles. The van der Waals surface area contributed by atoms with E-state index in [1.807, 2.05) is 4.90 Å². The number of nitrogens with zero attached hydrogens (tertiary/aromatic N) is 3. The quantitative estimate of drug-likeness (QED) is 0.544. The van der Waals surface area contributed by atoms with E-state index < -0.39 is 11.7 Å². The van der Waals surface area contributed by atoms with Gasteiger partial charge in [0.05, 0.1) is 21.3 Å². The molecule has 1 amide bonds. The van der Waals surface area contributed by atoms with E-state index in [0.717, 1.165) is 12.1 Å². The Hall–Kier alpha value is -2.91. The summed E-state index contributed by atoms with van der Waals surface area (Å²) >= 11 is 11.9. The van der Waals surface area contributed by atoms with Crippen LogP contribution in [0.1, 0.15) is 16.1 Å². The molecule has 2 aromatic carbocycles. The number of halogens is 5. The molecule has 0 aliphatic carbocycles. The maximum atomic E-state index is 13.0. The Balaban J connectivity index is 1.44. The second-order valence-electron chi connectivity index (χ2n) is 7.28. The van der Waals surface area contributed by atoms with Crippen molar-refractivity contribution in [2.75, 3.05) is 31.1 Å². The number of hydrogen-bond acceptors (Lipinski definition) is 4. The van der Waals surface area contributed by atoms with Gasteiger partial charge in [0.1, 0.15) is 5.69 Å². The van der Waals surface area contributed by atoms with Gasteiger partial charge in [-0.1, -0.05) is 29.3 Å². The number of phenolic OH excluding ortho intramolecular Hbond substituents is 1. The molecule has 11 heteroatoms. The van der Waals surface area contributed by atoms with Crippen molar-refractivity contribution in [2.24, 2.45) is 0 Å². The molecule has 168 valence electrons. The van der Waals surface area contributed by atoms with Gasteiger partial charge >= 0.3 is 6.18 Å². The minimum Gasteiger partial charge on any atom is -0.505 e. The van der Waals surface area contributed by atoms with Gasteiger partial charge in [0.15, 0.2) is 5.75 Å². The number of H-pyrrole nitrogens is 1.